The standard InChI is InChI=1S/C10H10N2O/c1-7-10(13)12-9-5-3-2-4-8(9)6-11-7/h2-7H,1H3,(H,12,13). The van der Waals surface area contributed by atoms with Gasteiger partial charge < -0.3 is 5.32 Å². The van der Waals surface area contributed by atoms with Crippen LogP contribution in [0.3, 0.4) is 0 Å². The topological polar surface area (TPSA) is 41.5 Å². The van der Waals surface area contributed by atoms with Gasteiger partial charge in [-0.1, -0.05) is 18.2 Å². The van der Waals surface area contributed by atoms with E-state index in [9.17, 15) is 4.79 Å². The fourth-order valence-corrected chi connectivity index (χ4v) is 1.22. The molecule has 0 radical (unpaired) electrons. The number of fused-ring (bicyclic) bond motifs is 1. The Kier molecular flexibility index (Phi) is 1.85. The highest BCUT2D eigenvalue weighted by Crippen LogP contribution is 2.16. The van der Waals surface area contributed by atoms with Crippen molar-refractivity contribution in [2.45, 2.75) is 13.0 Å². The van der Waals surface area contributed by atoms with E-state index < -0.39 is 0 Å². The maximum Gasteiger partial charge on any atom is 0.248 e. The van der Waals surface area contributed by atoms with Gasteiger partial charge in [0.2, 0.25) is 5.91 Å². The van der Waals surface area contributed by atoms with Gasteiger partial charge in [0.05, 0.1) is 0 Å². The molecule has 3 heteroatoms. The predicted octanol–water partition coefficient (Wildman–Crippen LogP) is 1.45. The molecule has 13 heavy (non-hydrogen) atoms. The molecule has 1 amide bonds. The first-order chi connectivity index (χ1) is 6.27. The molecule has 0 aliphatic carbocycles. The lowest BCUT2D eigenvalue weighted by atomic mass is 10.2. The monoisotopic (exact) mass is 174 g/mol. The number of amides is 1. The van der Waals surface area contributed by atoms with Crippen LogP contribution in [0.1, 0.15) is 12.5 Å². The average Bonchev–Trinajstić information content (AvgIpc) is 2.28. The number of hydrogen-bond acceptors (Lipinski definition) is 2. The van der Waals surface area contributed by atoms with E-state index in [1.165, 1.54) is 0 Å². The van der Waals surface area contributed by atoms with Crippen LogP contribution in [0, 0.1) is 0 Å². The lowest BCUT2D eigenvalue weighted by molar-refractivity contribution is -0.116. The van der Waals surface area contributed by atoms with Crippen LogP contribution in [0.15, 0.2) is 29.3 Å². The molecule has 1 aliphatic rings. The van der Waals surface area contributed by atoms with Crippen LogP contribution in [-0.2, 0) is 4.79 Å². The Balaban J connectivity index is 2.46. The molecular formula is C10H10N2O. The molecule has 0 saturated carbocycles. The number of carbonyl (C=O) groups excluding carboxylic acids is 1. The lowest BCUT2D eigenvalue weighted by Crippen LogP contribution is -2.21. The molecular weight excluding hydrogens is 164 g/mol. The first kappa shape index (κ1) is 7.98. The van der Waals surface area contributed by atoms with Crippen LogP contribution < -0.4 is 5.32 Å². The highest BCUT2D eigenvalue weighted by molar-refractivity contribution is 6.03. The largest absolute Gasteiger partial charge is 0.324 e. The van der Waals surface area contributed by atoms with E-state index in [1.807, 2.05) is 24.3 Å². The van der Waals surface area contributed by atoms with Crippen LogP contribution in [0.4, 0.5) is 5.69 Å². The number of aliphatic imine (C=N–C) groups is 1. The molecule has 1 aromatic carbocycles. The van der Waals surface area contributed by atoms with E-state index in [0.717, 1.165) is 11.3 Å². The molecule has 1 N–H and O–H groups in total. The second-order valence-corrected chi connectivity index (χ2v) is 3.03. The van der Waals surface area contributed by atoms with Gasteiger partial charge in [-0.2, -0.15) is 0 Å². The maximum absolute atomic E-state index is 11.4. The summed E-state index contributed by atoms with van der Waals surface area (Å²) in [5.74, 6) is -0.0544. The van der Waals surface area contributed by atoms with E-state index in [0.29, 0.717) is 0 Å². The minimum absolute atomic E-state index is 0.0544. The summed E-state index contributed by atoms with van der Waals surface area (Å²) < 4.78 is 0. The molecule has 1 aromatic rings. The smallest absolute Gasteiger partial charge is 0.248 e. The minimum Gasteiger partial charge on any atom is -0.324 e. The number of nitrogens with one attached hydrogen (secondary N) is 1. The zero-order valence-corrected chi connectivity index (χ0v) is 7.32. The second kappa shape index (κ2) is 3.01. The predicted molar refractivity (Wildman–Crippen MR) is 52.1 cm³/mol. The maximum atomic E-state index is 11.4. The Labute approximate surface area is 76.5 Å². The summed E-state index contributed by atoms with van der Waals surface area (Å²) in [6, 6.07) is 7.32. The number of benzodiazepines with no additional fused rings is 1. The van der Waals surface area contributed by atoms with E-state index in [-0.39, 0.29) is 11.9 Å². The molecule has 0 saturated heterocycles. The molecule has 3 nitrogen and oxygen atoms in total. The Bertz CT molecular complexity index is 371. The summed E-state index contributed by atoms with van der Waals surface area (Å²) in [7, 11) is 0. The number of carbonyl (C=O) groups is 1. The molecule has 66 valence electrons. The minimum atomic E-state index is -0.299. The molecule has 1 unspecified atom stereocenters. The first-order valence-electron chi connectivity index (χ1n) is 4.20. The van der Waals surface area contributed by atoms with Gasteiger partial charge in [-0.05, 0) is 13.0 Å². The molecule has 0 spiro atoms. The van der Waals surface area contributed by atoms with Crippen LogP contribution >= 0.6 is 0 Å². The van der Waals surface area contributed by atoms with E-state index >= 15 is 0 Å². The lowest BCUT2D eigenvalue weighted by Gasteiger charge is -2.05. The van der Waals surface area contributed by atoms with Crippen molar-refractivity contribution >= 4 is 17.8 Å². The zero-order valence-electron chi connectivity index (χ0n) is 7.32. The number of para-hydroxylation sites is 1. The van der Waals surface area contributed by atoms with Gasteiger partial charge in [0.1, 0.15) is 6.04 Å². The Morgan fingerprint density at radius 2 is 2.15 bits per heavy atom. The number of anilines is 1. The van der Waals surface area contributed by atoms with Crippen molar-refractivity contribution in [2.24, 2.45) is 4.99 Å². The third-order valence-electron chi connectivity index (χ3n) is 2.04. The Morgan fingerprint density at radius 3 is 3.00 bits per heavy atom. The molecule has 2 rings (SSSR count). The van der Waals surface area contributed by atoms with Gasteiger partial charge in [0.15, 0.2) is 0 Å². The van der Waals surface area contributed by atoms with Gasteiger partial charge in [0.25, 0.3) is 0 Å². The summed E-state index contributed by atoms with van der Waals surface area (Å²) in [6.45, 7) is 1.78. The summed E-state index contributed by atoms with van der Waals surface area (Å²) in [5, 5.41) is 2.81. The van der Waals surface area contributed by atoms with Crippen LogP contribution in [-0.4, -0.2) is 18.2 Å². The Hall–Kier alpha value is -1.64. The number of rotatable bonds is 0. The number of benzene rings is 1. The molecule has 1 heterocycles. The van der Waals surface area contributed by atoms with E-state index in [2.05, 4.69) is 10.3 Å². The fourth-order valence-electron chi connectivity index (χ4n) is 1.22. The normalized spacial score (nSPS) is 20.4. The molecule has 1 atom stereocenters. The van der Waals surface area contributed by atoms with Crippen molar-refractivity contribution < 1.29 is 4.79 Å². The second-order valence-electron chi connectivity index (χ2n) is 3.03. The van der Waals surface area contributed by atoms with Gasteiger partial charge in [-0.15, -0.1) is 0 Å². The van der Waals surface area contributed by atoms with Crippen molar-refractivity contribution in [2.75, 3.05) is 5.32 Å². The highest BCUT2D eigenvalue weighted by Gasteiger charge is 2.15. The SMILES string of the molecule is CC1N=Cc2ccccc2NC1=O. The fraction of sp³-hybridized carbons (Fsp3) is 0.200. The first-order valence-corrected chi connectivity index (χ1v) is 4.20. The zero-order chi connectivity index (χ0) is 9.26. The van der Waals surface area contributed by atoms with Gasteiger partial charge in [0, 0.05) is 17.5 Å². The van der Waals surface area contributed by atoms with Gasteiger partial charge in [-0.3, -0.25) is 9.79 Å². The van der Waals surface area contributed by atoms with Gasteiger partial charge >= 0.3 is 0 Å². The van der Waals surface area contributed by atoms with Crippen LogP contribution in [0.2, 0.25) is 0 Å². The van der Waals surface area contributed by atoms with Crippen LogP contribution in [0.25, 0.3) is 0 Å². The molecule has 0 bridgehead atoms. The van der Waals surface area contributed by atoms with Gasteiger partial charge in [-0.25, -0.2) is 0 Å². The Morgan fingerprint density at radius 1 is 1.38 bits per heavy atom. The summed E-state index contributed by atoms with van der Waals surface area (Å²) >= 11 is 0. The van der Waals surface area contributed by atoms with Crippen molar-refractivity contribution in [1.29, 1.82) is 0 Å². The molecule has 0 aromatic heterocycles. The average molecular weight is 174 g/mol. The third kappa shape index (κ3) is 1.45. The quantitative estimate of drug-likeness (QED) is 0.635. The number of hydrogen-bond donors (Lipinski definition) is 1. The number of nitrogens with zero attached hydrogens (tertiary/aromatic N) is 1. The van der Waals surface area contributed by atoms with Crippen molar-refractivity contribution in [3.63, 3.8) is 0 Å². The summed E-state index contributed by atoms with van der Waals surface area (Å²) in [5.41, 5.74) is 1.79. The molecule has 0 fully saturated rings. The van der Waals surface area contributed by atoms with Crippen molar-refractivity contribution in [3.05, 3.63) is 29.8 Å². The molecule has 1 aliphatic heterocycles. The summed E-state index contributed by atoms with van der Waals surface area (Å²) in [6.07, 6.45) is 1.73. The van der Waals surface area contributed by atoms with Crippen molar-refractivity contribution in [1.82, 2.24) is 0 Å². The van der Waals surface area contributed by atoms with E-state index in [1.54, 1.807) is 13.1 Å². The third-order valence-corrected chi connectivity index (χ3v) is 2.04. The van der Waals surface area contributed by atoms with E-state index in [4.69, 9.17) is 0 Å². The highest BCUT2D eigenvalue weighted by atomic mass is 16.2. The van der Waals surface area contributed by atoms with Crippen LogP contribution in [0.5, 0.6) is 0 Å². The van der Waals surface area contributed by atoms with Crippen molar-refractivity contribution in [3.8, 4) is 0 Å². The summed E-state index contributed by atoms with van der Waals surface area (Å²) in [4.78, 5) is 15.5.